The maximum atomic E-state index is 15.7. The molecule has 1 fully saturated rings. The summed E-state index contributed by atoms with van der Waals surface area (Å²) in [5.74, 6) is -6.51. The zero-order valence-electron chi connectivity index (χ0n) is 24.3. The summed E-state index contributed by atoms with van der Waals surface area (Å²) in [5.41, 5.74) is -1.16. The first-order chi connectivity index (χ1) is 22.6. The van der Waals surface area contributed by atoms with Gasteiger partial charge in [-0.1, -0.05) is 0 Å². The zero-order chi connectivity index (χ0) is 36.1. The molecular formula is C32H14F5IN5P5. The van der Waals surface area contributed by atoms with Crippen LogP contribution in [0, 0.1) is 109 Å². The molecule has 0 spiro atoms. The van der Waals surface area contributed by atoms with Crippen LogP contribution in [-0.2, 0) is 0 Å². The van der Waals surface area contributed by atoms with E-state index in [1.165, 1.54) is 19.9 Å². The third-order valence-electron chi connectivity index (χ3n) is 7.64. The third kappa shape index (κ3) is 5.63. The number of allylic oxidation sites excluding steroid dienone is 6. The Bertz CT molecular complexity index is 2080. The Morgan fingerprint density at radius 2 is 0.958 bits per heavy atom. The van der Waals surface area contributed by atoms with Gasteiger partial charge in [-0.3, -0.25) is 0 Å². The molecule has 5 nitrogen and oxygen atoms in total. The van der Waals surface area contributed by atoms with Gasteiger partial charge in [0.1, 0.15) is 0 Å². The molecule has 16 heteroatoms. The Morgan fingerprint density at radius 3 is 1.40 bits per heavy atom. The third-order valence-corrected chi connectivity index (χ3v) is 11.6. The van der Waals surface area contributed by atoms with Gasteiger partial charge < -0.3 is 0 Å². The summed E-state index contributed by atoms with van der Waals surface area (Å²) < 4.78 is 77.2. The fourth-order valence-electron chi connectivity index (χ4n) is 5.24. The number of hydrogen-bond acceptors (Lipinski definition) is 5. The van der Waals surface area contributed by atoms with Crippen molar-refractivity contribution in [3.8, 4) is 36.0 Å². The molecule has 1 saturated carbocycles. The summed E-state index contributed by atoms with van der Waals surface area (Å²) >= 11 is 1.74. The molecule has 234 valence electrons. The maximum absolute atomic E-state index is 15.7. The van der Waals surface area contributed by atoms with Gasteiger partial charge in [0.15, 0.2) is 0 Å². The van der Waals surface area contributed by atoms with Crippen LogP contribution in [0.1, 0.15) is 44.5 Å². The Labute approximate surface area is 296 Å². The number of nitriles is 5. The minimum absolute atomic E-state index is 0.00831. The van der Waals surface area contributed by atoms with Crippen LogP contribution in [-0.4, -0.2) is 0 Å². The predicted octanol–water partition coefficient (Wildman–Crippen LogP) is 6.31. The van der Waals surface area contributed by atoms with E-state index in [1.807, 2.05) is 30.6 Å². The zero-order valence-corrected chi connectivity index (χ0v) is 31.9. The van der Waals surface area contributed by atoms with Gasteiger partial charge in [-0.05, 0) is 0 Å². The van der Waals surface area contributed by atoms with Crippen molar-refractivity contribution in [1.82, 2.24) is 0 Å². The van der Waals surface area contributed by atoms with Gasteiger partial charge in [0.05, 0.1) is 0 Å². The molecule has 0 saturated heterocycles. The molecule has 0 bridgehead atoms. The summed E-state index contributed by atoms with van der Waals surface area (Å²) in [5, 5.41) is 48.5. The number of nitrogens with zero attached hydrogens (tertiary/aromatic N) is 5. The van der Waals surface area contributed by atoms with Gasteiger partial charge in [-0.25, -0.2) is 0 Å². The van der Waals surface area contributed by atoms with Crippen molar-refractivity contribution in [2.75, 3.05) is 0 Å². The van der Waals surface area contributed by atoms with Gasteiger partial charge in [-0.15, -0.1) is 0 Å². The van der Waals surface area contributed by atoms with E-state index in [2.05, 4.69) is 32.8 Å². The van der Waals surface area contributed by atoms with E-state index in [-0.39, 0.29) is 74.9 Å². The van der Waals surface area contributed by atoms with Gasteiger partial charge in [0, 0.05) is 0 Å². The van der Waals surface area contributed by atoms with E-state index < -0.39 is 51.3 Å². The molecular weight excluding hydrogens is 831 g/mol. The van der Waals surface area contributed by atoms with E-state index >= 15 is 22.0 Å². The fraction of sp³-hybridized carbons (Fsp3) is 0.0625. The van der Waals surface area contributed by atoms with Crippen LogP contribution in [0.3, 0.4) is 0 Å². The summed E-state index contributed by atoms with van der Waals surface area (Å²) in [7, 11) is 12.5. The minimum atomic E-state index is -1.54. The second kappa shape index (κ2) is 14.2. The second-order valence-electron chi connectivity index (χ2n) is 9.96. The van der Waals surface area contributed by atoms with Crippen LogP contribution in [0.25, 0.3) is 16.7 Å². The summed E-state index contributed by atoms with van der Waals surface area (Å²) in [6.45, 7) is 2.86. The van der Waals surface area contributed by atoms with Crippen LogP contribution in [0.15, 0.2) is 16.7 Å². The van der Waals surface area contributed by atoms with Crippen molar-refractivity contribution < 1.29 is 22.0 Å². The second-order valence-corrected chi connectivity index (χ2v) is 13.6. The molecule has 3 aromatic rings. The molecule has 4 rings (SSSR count). The summed E-state index contributed by atoms with van der Waals surface area (Å²) in [6.07, 6.45) is 0. The SMILES string of the molecule is Cc1c(P)c(C#N)c(F)c(F)c1C(C#N)=C1C(=C(/C#N)c2c(C)c(I)c(C#N)c(F)c2P)/C1=C(/C#P)c1c(P)c(F)c(C#N)c(F)c1P. The van der Waals surface area contributed by atoms with Crippen molar-refractivity contribution in [3.63, 3.8) is 0 Å². The molecule has 0 heterocycles. The number of halogens is 6. The van der Waals surface area contributed by atoms with Crippen LogP contribution in [0.4, 0.5) is 22.0 Å². The van der Waals surface area contributed by atoms with Crippen molar-refractivity contribution >= 4 is 106 Å². The topological polar surface area (TPSA) is 119 Å². The molecule has 4 atom stereocenters. The van der Waals surface area contributed by atoms with E-state index in [4.69, 9.17) is 0 Å². The van der Waals surface area contributed by atoms with E-state index in [1.54, 1.807) is 34.7 Å². The van der Waals surface area contributed by atoms with Gasteiger partial charge in [-0.2, -0.15) is 0 Å². The standard InChI is InChI=1S/C32H14F5IN5P5/c1-9-18(30(46)26(36)14(6-42)28(9)38)12(4-40)20-19(11(3-39)17-10(2)29(45)15(7-43)23(33)27(17)37)21(20)16(8-44)22-31(47)24(34)13(5-41)25(35)32(22)48/h45-48H2,1-2H3/b19-11?,20-12+,21-16-. The van der Waals surface area contributed by atoms with Crippen LogP contribution < -0.4 is 21.2 Å². The van der Waals surface area contributed by atoms with E-state index in [9.17, 15) is 26.3 Å². The van der Waals surface area contributed by atoms with Crippen LogP contribution in [0.5, 0.6) is 0 Å². The number of hydrogen-bond donors (Lipinski definition) is 0. The Morgan fingerprint density at radius 1 is 0.542 bits per heavy atom. The molecule has 0 radical (unpaired) electrons. The molecule has 48 heavy (non-hydrogen) atoms. The Balaban J connectivity index is 2.38. The van der Waals surface area contributed by atoms with E-state index in [0.29, 0.717) is 5.56 Å². The van der Waals surface area contributed by atoms with Gasteiger partial charge in [0.2, 0.25) is 0 Å². The molecule has 0 amide bonds. The van der Waals surface area contributed by atoms with Crippen LogP contribution >= 0.6 is 68.2 Å². The van der Waals surface area contributed by atoms with Gasteiger partial charge in [0.25, 0.3) is 0 Å². The molecule has 0 aromatic heterocycles. The molecule has 0 aliphatic heterocycles. The molecule has 3 aromatic carbocycles. The quantitative estimate of drug-likeness (QED) is 0.133. The normalized spacial score (nSPS) is 14.9. The number of rotatable bonds is 3. The Kier molecular flexibility index (Phi) is 11.1. The predicted molar refractivity (Wildman–Crippen MR) is 196 cm³/mol. The van der Waals surface area contributed by atoms with Crippen molar-refractivity contribution in [2.45, 2.75) is 13.8 Å². The van der Waals surface area contributed by atoms with Crippen LogP contribution in [0.2, 0.25) is 0 Å². The monoisotopic (exact) mass is 845 g/mol. The summed E-state index contributed by atoms with van der Waals surface area (Å²) in [6, 6.07) is 8.63. The average molecular weight is 845 g/mol. The van der Waals surface area contributed by atoms with Gasteiger partial charge >= 0.3 is 298 Å². The molecule has 4 unspecified atom stereocenters. The average Bonchev–Trinajstić information content (AvgIpc) is 3.78. The van der Waals surface area contributed by atoms with Crippen molar-refractivity contribution in [1.29, 1.82) is 26.3 Å². The Hall–Kier alpha value is -3.36. The van der Waals surface area contributed by atoms with Crippen molar-refractivity contribution in [2.24, 2.45) is 0 Å². The molecule has 1 aliphatic carbocycles. The van der Waals surface area contributed by atoms with E-state index in [0.717, 1.165) is 0 Å². The molecule has 0 N–H and O–H groups in total. The van der Waals surface area contributed by atoms with Crippen molar-refractivity contribution in [3.05, 3.63) is 93.9 Å². The number of benzene rings is 3. The first kappa shape index (κ1) is 37.5. The first-order valence-corrected chi connectivity index (χ1v) is 16.7. The summed E-state index contributed by atoms with van der Waals surface area (Å²) in [4.78, 5) is 0. The molecule has 1 aliphatic rings. The fourth-order valence-corrected chi connectivity index (χ4v) is 7.98. The first-order valence-electron chi connectivity index (χ1n) is 12.9.